The Morgan fingerprint density at radius 2 is 1.82 bits per heavy atom. The van der Waals surface area contributed by atoms with Gasteiger partial charge in [-0.15, -0.1) is 0 Å². The summed E-state index contributed by atoms with van der Waals surface area (Å²) in [6.07, 6.45) is 6.31. The quantitative estimate of drug-likeness (QED) is 0.379. The number of para-hydroxylation sites is 1. The Hall–Kier alpha value is -3.15. The third kappa shape index (κ3) is 4.72. The molecule has 0 atom stereocenters. The van der Waals surface area contributed by atoms with Crippen LogP contribution in [0.25, 0.3) is 5.69 Å². The summed E-state index contributed by atoms with van der Waals surface area (Å²) in [6.45, 7) is 4.67. The smallest absolute Gasteiger partial charge is 0.227 e. The molecule has 1 aromatic heterocycles. The Kier molecular flexibility index (Phi) is 6.40. The van der Waals surface area contributed by atoms with Gasteiger partial charge in [0.1, 0.15) is 11.6 Å². The summed E-state index contributed by atoms with van der Waals surface area (Å²) in [5.74, 6) is 1.13. The molecule has 0 bridgehead atoms. The number of ether oxygens (including phenoxy) is 1. The molecule has 1 amide bonds. The maximum absolute atomic E-state index is 14.0. The Morgan fingerprint density at radius 3 is 2.47 bits per heavy atom. The molecule has 178 valence electrons. The van der Waals surface area contributed by atoms with Crippen LogP contribution in [0.4, 0.5) is 4.39 Å². The van der Waals surface area contributed by atoms with Crippen molar-refractivity contribution in [2.45, 2.75) is 70.9 Å². The number of rotatable bonds is 8. The molecule has 2 fully saturated rings. The Morgan fingerprint density at radius 1 is 1.09 bits per heavy atom. The van der Waals surface area contributed by atoms with E-state index in [1.54, 1.807) is 16.8 Å². The van der Waals surface area contributed by atoms with Crippen LogP contribution in [-0.4, -0.2) is 26.6 Å². The zero-order valence-electron chi connectivity index (χ0n) is 19.9. The number of amides is 1. The van der Waals surface area contributed by atoms with Crippen LogP contribution in [0.1, 0.15) is 69.5 Å². The molecule has 2 saturated carbocycles. The van der Waals surface area contributed by atoms with Crippen LogP contribution in [0.15, 0.2) is 54.6 Å². The molecule has 0 unspecified atom stereocenters. The first kappa shape index (κ1) is 22.6. The van der Waals surface area contributed by atoms with E-state index in [2.05, 4.69) is 18.7 Å². The highest BCUT2D eigenvalue weighted by Crippen LogP contribution is 2.39. The Labute approximate surface area is 200 Å². The minimum atomic E-state index is -0.357. The normalized spacial score (nSPS) is 16.2. The first-order chi connectivity index (χ1) is 16.5. The molecule has 0 N–H and O–H groups in total. The van der Waals surface area contributed by atoms with Crippen molar-refractivity contribution < 1.29 is 13.9 Å². The minimum absolute atomic E-state index is 0.125. The SMILES string of the molecule is CC(C)c1nn(-c2ccccc2)c(Oc2cccc(F)c2)c1CN(C(=O)C1CCCC1)C1CC1. The van der Waals surface area contributed by atoms with Gasteiger partial charge in [0, 0.05) is 18.0 Å². The molecule has 34 heavy (non-hydrogen) atoms. The fourth-order valence-corrected chi connectivity index (χ4v) is 4.91. The summed E-state index contributed by atoms with van der Waals surface area (Å²) in [5.41, 5.74) is 2.67. The first-order valence-electron chi connectivity index (χ1n) is 12.4. The van der Waals surface area contributed by atoms with Gasteiger partial charge in [0.15, 0.2) is 0 Å². The minimum Gasteiger partial charge on any atom is -0.438 e. The standard InChI is InChI=1S/C28H32FN3O2/c1-19(2)26-25(18-31(22-15-16-22)27(33)20-9-6-7-10-20)28(34-24-14-8-11-21(29)17-24)32(30-26)23-12-4-3-5-13-23/h3-5,8,11-14,17,19-20,22H,6-7,9-10,15-16,18H2,1-2H3. The second kappa shape index (κ2) is 9.61. The molecule has 5 rings (SSSR count). The highest BCUT2D eigenvalue weighted by molar-refractivity contribution is 5.80. The highest BCUT2D eigenvalue weighted by Gasteiger charge is 2.38. The van der Waals surface area contributed by atoms with Gasteiger partial charge >= 0.3 is 0 Å². The summed E-state index contributed by atoms with van der Waals surface area (Å²) in [7, 11) is 0. The van der Waals surface area contributed by atoms with E-state index in [0.29, 0.717) is 18.2 Å². The number of halogens is 1. The summed E-state index contributed by atoms with van der Waals surface area (Å²) in [6, 6.07) is 16.3. The van der Waals surface area contributed by atoms with Crippen LogP contribution in [0, 0.1) is 11.7 Å². The van der Waals surface area contributed by atoms with Gasteiger partial charge in [-0.1, -0.05) is 51.0 Å². The molecule has 5 nitrogen and oxygen atoms in total. The first-order valence-corrected chi connectivity index (χ1v) is 12.4. The second-order valence-corrected chi connectivity index (χ2v) is 9.81. The van der Waals surface area contributed by atoms with E-state index < -0.39 is 0 Å². The van der Waals surface area contributed by atoms with E-state index in [-0.39, 0.29) is 29.6 Å². The van der Waals surface area contributed by atoms with E-state index in [9.17, 15) is 9.18 Å². The number of carbonyl (C=O) groups is 1. The average molecular weight is 462 g/mol. The van der Waals surface area contributed by atoms with E-state index in [1.807, 2.05) is 30.3 Å². The van der Waals surface area contributed by atoms with E-state index in [1.165, 1.54) is 12.1 Å². The summed E-state index contributed by atoms with van der Waals surface area (Å²) in [5, 5.41) is 4.95. The van der Waals surface area contributed by atoms with Gasteiger partial charge in [-0.3, -0.25) is 4.79 Å². The monoisotopic (exact) mass is 461 g/mol. The number of hydrogen-bond acceptors (Lipinski definition) is 3. The second-order valence-electron chi connectivity index (χ2n) is 9.81. The molecular formula is C28H32FN3O2. The third-order valence-corrected chi connectivity index (χ3v) is 6.83. The lowest BCUT2D eigenvalue weighted by Crippen LogP contribution is -2.36. The Balaban J connectivity index is 1.59. The van der Waals surface area contributed by atoms with Crippen LogP contribution < -0.4 is 4.74 Å². The molecule has 6 heteroatoms. The third-order valence-electron chi connectivity index (χ3n) is 6.83. The predicted molar refractivity (Wildman–Crippen MR) is 130 cm³/mol. The van der Waals surface area contributed by atoms with Crippen LogP contribution in [-0.2, 0) is 11.3 Å². The topological polar surface area (TPSA) is 47.4 Å². The lowest BCUT2D eigenvalue weighted by atomic mass is 10.0. The molecule has 2 aromatic carbocycles. The molecule has 0 saturated heterocycles. The van der Waals surface area contributed by atoms with Crippen molar-refractivity contribution in [3.63, 3.8) is 0 Å². The van der Waals surface area contributed by atoms with Gasteiger partial charge in [0.05, 0.1) is 23.5 Å². The van der Waals surface area contributed by atoms with E-state index in [4.69, 9.17) is 9.84 Å². The van der Waals surface area contributed by atoms with Crippen LogP contribution in [0.2, 0.25) is 0 Å². The molecule has 0 radical (unpaired) electrons. The zero-order valence-corrected chi connectivity index (χ0v) is 19.9. The average Bonchev–Trinajstić information content (AvgIpc) is 3.39. The lowest BCUT2D eigenvalue weighted by Gasteiger charge is -2.26. The number of hydrogen-bond donors (Lipinski definition) is 0. The predicted octanol–water partition coefficient (Wildman–Crippen LogP) is 6.61. The molecule has 2 aliphatic carbocycles. The highest BCUT2D eigenvalue weighted by atomic mass is 19.1. The van der Waals surface area contributed by atoms with Gasteiger partial charge in [-0.25, -0.2) is 9.07 Å². The fraction of sp³-hybridized carbons (Fsp3) is 0.429. The van der Waals surface area contributed by atoms with Crippen molar-refractivity contribution in [2.75, 3.05) is 0 Å². The van der Waals surface area contributed by atoms with Gasteiger partial charge in [-0.2, -0.15) is 5.10 Å². The zero-order chi connectivity index (χ0) is 23.7. The number of nitrogens with zero attached hydrogens (tertiary/aromatic N) is 3. The van der Waals surface area contributed by atoms with Crippen molar-refractivity contribution in [3.8, 4) is 17.3 Å². The van der Waals surface area contributed by atoms with Crippen LogP contribution in [0.5, 0.6) is 11.6 Å². The molecule has 3 aromatic rings. The van der Waals surface area contributed by atoms with Gasteiger partial charge in [-0.05, 0) is 55.9 Å². The number of aromatic nitrogens is 2. The van der Waals surface area contributed by atoms with Gasteiger partial charge in [0.2, 0.25) is 11.8 Å². The van der Waals surface area contributed by atoms with Crippen molar-refractivity contribution in [1.82, 2.24) is 14.7 Å². The van der Waals surface area contributed by atoms with E-state index >= 15 is 0 Å². The molecule has 0 aliphatic heterocycles. The molecular weight excluding hydrogens is 429 g/mol. The fourth-order valence-electron chi connectivity index (χ4n) is 4.91. The molecule has 2 aliphatic rings. The van der Waals surface area contributed by atoms with Crippen LogP contribution >= 0.6 is 0 Å². The molecule has 1 heterocycles. The summed E-state index contributed by atoms with van der Waals surface area (Å²) >= 11 is 0. The van der Waals surface area contributed by atoms with Crippen molar-refractivity contribution >= 4 is 5.91 Å². The summed E-state index contributed by atoms with van der Waals surface area (Å²) in [4.78, 5) is 15.6. The van der Waals surface area contributed by atoms with Crippen molar-refractivity contribution in [2.24, 2.45) is 5.92 Å². The van der Waals surface area contributed by atoms with Crippen LogP contribution in [0.3, 0.4) is 0 Å². The Bertz CT molecular complexity index is 1150. The largest absolute Gasteiger partial charge is 0.438 e. The molecule has 0 spiro atoms. The maximum Gasteiger partial charge on any atom is 0.227 e. The maximum atomic E-state index is 14.0. The number of carbonyl (C=O) groups excluding carboxylic acids is 1. The van der Waals surface area contributed by atoms with Crippen molar-refractivity contribution in [1.29, 1.82) is 0 Å². The number of benzene rings is 2. The summed E-state index contributed by atoms with van der Waals surface area (Å²) < 4.78 is 22.1. The lowest BCUT2D eigenvalue weighted by molar-refractivity contribution is -0.136. The van der Waals surface area contributed by atoms with Gasteiger partial charge < -0.3 is 9.64 Å². The van der Waals surface area contributed by atoms with E-state index in [0.717, 1.165) is 55.5 Å². The van der Waals surface area contributed by atoms with Crippen molar-refractivity contribution in [3.05, 3.63) is 71.7 Å². The van der Waals surface area contributed by atoms with Gasteiger partial charge in [0.25, 0.3) is 0 Å².